The summed E-state index contributed by atoms with van der Waals surface area (Å²) < 4.78 is 47.1. The maximum Gasteiger partial charge on any atom is 0.340 e. The number of benzene rings is 2. The normalized spacial score (nSPS) is 11.1. The van der Waals surface area contributed by atoms with Gasteiger partial charge in [0.2, 0.25) is 5.78 Å². The molecule has 0 aliphatic carbocycles. The number of nitrogens with zero attached hydrogens (tertiary/aromatic N) is 2. The van der Waals surface area contributed by atoms with Crippen molar-refractivity contribution in [3.8, 4) is 0 Å². The van der Waals surface area contributed by atoms with Crippen LogP contribution in [0.3, 0.4) is 0 Å². The van der Waals surface area contributed by atoms with Crippen LogP contribution in [-0.2, 0) is 28.9 Å². The molecule has 0 bridgehead atoms. The number of esters is 1. The van der Waals surface area contributed by atoms with Gasteiger partial charge in [-0.05, 0) is 36.4 Å². The number of ketones is 1. The molecule has 0 saturated heterocycles. The smallest absolute Gasteiger partial charge is 0.340 e. The predicted molar refractivity (Wildman–Crippen MR) is 120 cm³/mol. The van der Waals surface area contributed by atoms with Gasteiger partial charge in [-0.1, -0.05) is 12.1 Å². The molecule has 0 radical (unpaired) electrons. The quantitative estimate of drug-likeness (QED) is 0.361. The fraction of sp³-hybridized carbons (Fsp3) is 0.143. The molecule has 3 rings (SSSR count). The average molecular weight is 490 g/mol. The fourth-order valence-electron chi connectivity index (χ4n) is 2.97. The number of ether oxygens (including phenoxy) is 1. The first-order valence-electron chi connectivity index (χ1n) is 9.57. The number of sulfonamides is 1. The molecule has 0 aliphatic heterocycles. The number of aromatic nitrogens is 2. The lowest BCUT2D eigenvalue weighted by Crippen LogP contribution is -2.42. The van der Waals surface area contributed by atoms with Gasteiger partial charge in [0.05, 0.1) is 16.1 Å². The van der Waals surface area contributed by atoms with Crippen LogP contribution >= 0.6 is 0 Å². The van der Waals surface area contributed by atoms with E-state index in [2.05, 4.69) is 4.72 Å². The number of carbonyl (C=O) groups is 2. The highest BCUT2D eigenvalue weighted by Crippen LogP contribution is 2.21. The van der Waals surface area contributed by atoms with Crippen molar-refractivity contribution >= 4 is 33.3 Å². The van der Waals surface area contributed by atoms with Crippen LogP contribution in [0.4, 0.5) is 15.9 Å². The Labute approximate surface area is 192 Å². The number of hydrogen-bond acceptors (Lipinski definition) is 8. The van der Waals surface area contributed by atoms with Crippen LogP contribution in [0.5, 0.6) is 0 Å². The highest BCUT2D eigenvalue weighted by Gasteiger charge is 2.23. The molecule has 1 heterocycles. The maximum absolute atomic E-state index is 13.1. The van der Waals surface area contributed by atoms with Crippen LogP contribution in [0.1, 0.15) is 20.7 Å². The van der Waals surface area contributed by atoms with E-state index in [4.69, 9.17) is 10.5 Å². The molecule has 3 N–H and O–H groups in total. The minimum atomic E-state index is -4.17. The first-order chi connectivity index (χ1) is 15.9. The molecule has 0 atom stereocenters. The Morgan fingerprint density at radius 3 is 2.29 bits per heavy atom. The van der Waals surface area contributed by atoms with Crippen LogP contribution in [-0.4, -0.2) is 35.9 Å². The minimum Gasteiger partial charge on any atom is -0.454 e. The summed E-state index contributed by atoms with van der Waals surface area (Å²) in [7, 11) is -1.74. The number of nitrogens with one attached hydrogen (secondary N) is 1. The molecule has 0 unspecified atom stereocenters. The first-order valence-corrected chi connectivity index (χ1v) is 11.1. The third kappa shape index (κ3) is 4.73. The lowest BCUT2D eigenvalue weighted by molar-refractivity contribution is 0.0475. The second-order valence-corrected chi connectivity index (χ2v) is 8.75. The van der Waals surface area contributed by atoms with E-state index in [0.29, 0.717) is 4.57 Å². The second kappa shape index (κ2) is 9.31. The van der Waals surface area contributed by atoms with E-state index in [0.717, 1.165) is 35.9 Å². The van der Waals surface area contributed by atoms with Crippen molar-refractivity contribution in [3.05, 3.63) is 86.3 Å². The van der Waals surface area contributed by atoms with Crippen molar-refractivity contribution < 1.29 is 27.1 Å². The Morgan fingerprint density at radius 1 is 1.03 bits per heavy atom. The van der Waals surface area contributed by atoms with Crippen LogP contribution in [0.2, 0.25) is 0 Å². The summed E-state index contributed by atoms with van der Waals surface area (Å²) in [4.78, 5) is 49.1. The van der Waals surface area contributed by atoms with E-state index in [9.17, 15) is 32.0 Å². The molecule has 13 heteroatoms. The SMILES string of the molecule is Cn1c(N)c(C(=O)COC(=O)c2ccccc2NS(=O)(=O)c2ccc(F)cc2)c(=O)n(C)c1=O. The molecular weight excluding hydrogens is 471 g/mol. The second-order valence-electron chi connectivity index (χ2n) is 7.07. The third-order valence-electron chi connectivity index (χ3n) is 4.84. The predicted octanol–water partition coefficient (Wildman–Crippen LogP) is 0.646. The largest absolute Gasteiger partial charge is 0.454 e. The summed E-state index contributed by atoms with van der Waals surface area (Å²) in [5.74, 6) is -3.03. The van der Waals surface area contributed by atoms with Crippen LogP contribution < -0.4 is 21.7 Å². The van der Waals surface area contributed by atoms with Gasteiger partial charge in [0.1, 0.15) is 17.2 Å². The Morgan fingerprint density at radius 2 is 1.65 bits per heavy atom. The molecule has 11 nitrogen and oxygen atoms in total. The molecular formula is C21H19FN4O7S. The molecule has 0 fully saturated rings. The number of Topliss-reactive ketones (excluding diaryl/α,β-unsaturated/α-hetero) is 1. The summed E-state index contributed by atoms with van der Waals surface area (Å²) in [6.07, 6.45) is 0. The third-order valence-corrected chi connectivity index (χ3v) is 6.22. The topological polar surface area (TPSA) is 160 Å². The van der Waals surface area contributed by atoms with Gasteiger partial charge >= 0.3 is 11.7 Å². The molecule has 0 saturated carbocycles. The van der Waals surface area contributed by atoms with Gasteiger partial charge in [-0.25, -0.2) is 22.4 Å². The molecule has 34 heavy (non-hydrogen) atoms. The standard InChI is InChI=1S/C21H19FN4O7S/c1-25-18(23)17(19(28)26(2)21(25)30)16(27)11-33-20(29)14-5-3-4-6-15(14)24-34(31,32)13-9-7-12(22)8-10-13/h3-10,24H,11,23H2,1-2H3. The number of halogens is 1. The number of hydrogen-bond donors (Lipinski definition) is 2. The zero-order valence-electron chi connectivity index (χ0n) is 17.9. The first kappa shape index (κ1) is 24.4. The summed E-state index contributed by atoms with van der Waals surface area (Å²) in [6.45, 7) is -0.893. The lowest BCUT2D eigenvalue weighted by atomic mass is 10.2. The number of para-hydroxylation sites is 1. The summed E-state index contributed by atoms with van der Waals surface area (Å²) in [6, 6.07) is 9.49. The van der Waals surface area contributed by atoms with Gasteiger partial charge < -0.3 is 10.5 Å². The maximum atomic E-state index is 13.1. The van der Waals surface area contributed by atoms with Gasteiger partial charge in [0, 0.05) is 14.1 Å². The van der Waals surface area contributed by atoms with E-state index >= 15 is 0 Å². The van der Waals surface area contributed by atoms with Crippen LogP contribution in [0, 0.1) is 5.82 Å². The summed E-state index contributed by atoms with van der Waals surface area (Å²) in [5.41, 5.74) is 3.13. The summed E-state index contributed by atoms with van der Waals surface area (Å²) >= 11 is 0. The van der Waals surface area contributed by atoms with Gasteiger partial charge in [0.15, 0.2) is 6.61 Å². The number of carbonyl (C=O) groups excluding carboxylic acids is 2. The number of nitrogens with two attached hydrogens (primary N) is 1. The molecule has 1 aromatic heterocycles. The van der Waals surface area contributed by atoms with Crippen molar-refractivity contribution in [2.24, 2.45) is 14.1 Å². The average Bonchev–Trinajstić information content (AvgIpc) is 2.80. The van der Waals surface area contributed by atoms with E-state index < -0.39 is 51.0 Å². The molecule has 2 aromatic carbocycles. The van der Waals surface area contributed by atoms with E-state index in [-0.39, 0.29) is 22.0 Å². The monoisotopic (exact) mass is 490 g/mol. The van der Waals surface area contributed by atoms with E-state index in [1.807, 2.05) is 0 Å². The lowest BCUT2D eigenvalue weighted by Gasteiger charge is -2.13. The Balaban J connectivity index is 1.83. The van der Waals surface area contributed by atoms with Crippen molar-refractivity contribution in [1.82, 2.24) is 9.13 Å². The Bertz CT molecular complexity index is 1510. The zero-order chi connectivity index (χ0) is 25.2. The fourth-order valence-corrected chi connectivity index (χ4v) is 4.05. The van der Waals surface area contributed by atoms with Crippen LogP contribution in [0.25, 0.3) is 0 Å². The van der Waals surface area contributed by atoms with Gasteiger partial charge in [-0.15, -0.1) is 0 Å². The van der Waals surface area contributed by atoms with Gasteiger partial charge in [-0.2, -0.15) is 0 Å². The van der Waals surface area contributed by atoms with E-state index in [1.165, 1.54) is 31.3 Å². The van der Waals surface area contributed by atoms with Crippen molar-refractivity contribution in [3.63, 3.8) is 0 Å². The molecule has 0 aliphatic rings. The number of nitrogen functional groups attached to an aromatic ring is 1. The summed E-state index contributed by atoms with van der Waals surface area (Å²) in [5, 5.41) is 0. The van der Waals surface area contributed by atoms with Crippen molar-refractivity contribution in [2.75, 3.05) is 17.1 Å². The Kier molecular flexibility index (Phi) is 6.68. The molecule has 0 amide bonds. The van der Waals surface area contributed by atoms with Crippen LogP contribution in [0.15, 0.2) is 63.0 Å². The molecule has 0 spiro atoms. The number of rotatable bonds is 7. The number of anilines is 2. The highest BCUT2D eigenvalue weighted by molar-refractivity contribution is 7.92. The zero-order valence-corrected chi connectivity index (χ0v) is 18.8. The van der Waals surface area contributed by atoms with Crippen molar-refractivity contribution in [1.29, 1.82) is 0 Å². The molecule has 3 aromatic rings. The molecule has 178 valence electrons. The van der Waals surface area contributed by atoms with Gasteiger partial charge in [0.25, 0.3) is 15.6 Å². The Hall–Kier alpha value is -4.26. The minimum absolute atomic E-state index is 0.151. The highest BCUT2D eigenvalue weighted by atomic mass is 32.2. The van der Waals surface area contributed by atoms with Gasteiger partial charge in [-0.3, -0.25) is 23.4 Å². The van der Waals surface area contributed by atoms with Crippen molar-refractivity contribution in [2.45, 2.75) is 4.90 Å². The van der Waals surface area contributed by atoms with E-state index in [1.54, 1.807) is 0 Å².